The normalized spacial score (nSPS) is 15.4. The lowest BCUT2D eigenvalue weighted by Crippen LogP contribution is -2.29. The molecule has 0 aliphatic heterocycles. The van der Waals surface area contributed by atoms with Crippen LogP contribution in [0.5, 0.6) is 0 Å². The Morgan fingerprint density at radius 3 is 2.71 bits per heavy atom. The van der Waals surface area contributed by atoms with Gasteiger partial charge in [-0.3, -0.25) is 10.1 Å². The van der Waals surface area contributed by atoms with Crippen LogP contribution in [0.3, 0.4) is 0 Å². The second-order valence-electron chi connectivity index (χ2n) is 4.60. The number of non-ortho nitro benzene ring substituents is 1. The molecule has 0 spiro atoms. The summed E-state index contributed by atoms with van der Waals surface area (Å²) in [7, 11) is 1.84. The van der Waals surface area contributed by atoms with Crippen LogP contribution in [0.25, 0.3) is 0 Å². The van der Waals surface area contributed by atoms with E-state index in [0.717, 1.165) is 12.6 Å². The fourth-order valence-electron chi connectivity index (χ4n) is 2.05. The minimum Gasteiger partial charge on any atom is -0.374 e. The number of hydrogen-bond acceptors (Lipinski definition) is 3. The Balaban J connectivity index is 2.15. The lowest BCUT2D eigenvalue weighted by atomic mass is 9.85. The fourth-order valence-corrected chi connectivity index (χ4v) is 2.05. The molecule has 92 valence electrons. The summed E-state index contributed by atoms with van der Waals surface area (Å²) < 4.78 is 13.3. The molecular weight excluding hydrogens is 223 g/mol. The van der Waals surface area contributed by atoms with E-state index in [-0.39, 0.29) is 5.69 Å². The molecule has 0 saturated heterocycles. The molecule has 1 aromatic carbocycles. The van der Waals surface area contributed by atoms with Gasteiger partial charge in [-0.1, -0.05) is 6.42 Å². The highest BCUT2D eigenvalue weighted by Gasteiger charge is 2.20. The highest BCUT2D eigenvalue weighted by atomic mass is 19.1. The summed E-state index contributed by atoms with van der Waals surface area (Å²) >= 11 is 0. The van der Waals surface area contributed by atoms with Crippen LogP contribution in [0.1, 0.15) is 19.3 Å². The molecule has 1 aromatic rings. The first-order valence-corrected chi connectivity index (χ1v) is 5.72. The van der Waals surface area contributed by atoms with Gasteiger partial charge in [0.25, 0.3) is 5.69 Å². The van der Waals surface area contributed by atoms with E-state index in [1.807, 2.05) is 11.9 Å². The molecule has 2 rings (SSSR count). The summed E-state index contributed by atoms with van der Waals surface area (Å²) in [5, 5.41) is 10.6. The van der Waals surface area contributed by atoms with Gasteiger partial charge in [0.15, 0.2) is 0 Å². The first-order valence-electron chi connectivity index (χ1n) is 5.72. The van der Waals surface area contributed by atoms with Crippen molar-refractivity contribution in [2.75, 3.05) is 18.5 Å². The predicted octanol–water partition coefficient (Wildman–Crippen LogP) is 2.97. The van der Waals surface area contributed by atoms with Gasteiger partial charge in [-0.25, -0.2) is 4.39 Å². The molecule has 5 heteroatoms. The summed E-state index contributed by atoms with van der Waals surface area (Å²) in [6, 6.07) is 3.70. The van der Waals surface area contributed by atoms with Crippen molar-refractivity contribution >= 4 is 11.4 Å². The molecule has 0 N–H and O–H groups in total. The standard InChI is InChI=1S/C12H15FN2O2/c1-14(8-9-3-2-4-9)11-5-10(13)6-12(7-11)15(16)17/h5-7,9H,2-4,8H2,1H3. The molecule has 1 saturated carbocycles. The van der Waals surface area contributed by atoms with Gasteiger partial charge in [-0.2, -0.15) is 0 Å². The second kappa shape index (κ2) is 4.69. The lowest BCUT2D eigenvalue weighted by molar-refractivity contribution is -0.385. The molecule has 1 aliphatic carbocycles. The largest absolute Gasteiger partial charge is 0.374 e. The Morgan fingerprint density at radius 2 is 2.18 bits per heavy atom. The van der Waals surface area contributed by atoms with Gasteiger partial charge in [0, 0.05) is 25.3 Å². The quantitative estimate of drug-likeness (QED) is 0.598. The van der Waals surface area contributed by atoms with E-state index in [2.05, 4.69) is 0 Å². The number of rotatable bonds is 4. The maximum Gasteiger partial charge on any atom is 0.274 e. The molecule has 0 aromatic heterocycles. The third-order valence-corrected chi connectivity index (χ3v) is 3.28. The third kappa shape index (κ3) is 2.72. The molecule has 1 aliphatic rings. The smallest absolute Gasteiger partial charge is 0.274 e. The molecule has 0 atom stereocenters. The molecule has 0 bridgehead atoms. The van der Waals surface area contributed by atoms with Gasteiger partial charge < -0.3 is 4.90 Å². The van der Waals surface area contributed by atoms with Crippen molar-refractivity contribution in [3.05, 3.63) is 34.1 Å². The number of benzene rings is 1. The number of nitrogens with zero attached hydrogens (tertiary/aromatic N) is 2. The number of hydrogen-bond donors (Lipinski definition) is 0. The third-order valence-electron chi connectivity index (χ3n) is 3.28. The Hall–Kier alpha value is -1.65. The zero-order valence-electron chi connectivity index (χ0n) is 9.73. The molecule has 1 fully saturated rings. The highest BCUT2D eigenvalue weighted by molar-refractivity contribution is 5.53. The Bertz CT molecular complexity index is 433. The summed E-state index contributed by atoms with van der Waals surface area (Å²) in [6.07, 6.45) is 3.64. The summed E-state index contributed by atoms with van der Waals surface area (Å²) in [6.45, 7) is 0.834. The van der Waals surface area contributed by atoms with Crippen LogP contribution < -0.4 is 4.90 Å². The van der Waals surface area contributed by atoms with Gasteiger partial charge in [0.2, 0.25) is 0 Å². The van der Waals surface area contributed by atoms with E-state index in [4.69, 9.17) is 0 Å². The van der Waals surface area contributed by atoms with Crippen LogP contribution >= 0.6 is 0 Å². The zero-order chi connectivity index (χ0) is 12.4. The van der Waals surface area contributed by atoms with Gasteiger partial charge in [0.1, 0.15) is 5.82 Å². The van der Waals surface area contributed by atoms with E-state index in [0.29, 0.717) is 11.6 Å². The van der Waals surface area contributed by atoms with Gasteiger partial charge in [-0.05, 0) is 24.8 Å². The molecule has 0 unspecified atom stereocenters. The minimum atomic E-state index is -0.566. The summed E-state index contributed by atoms with van der Waals surface area (Å²) in [5.74, 6) is 0.0805. The van der Waals surface area contributed by atoms with Crippen LogP contribution in [-0.4, -0.2) is 18.5 Å². The van der Waals surface area contributed by atoms with Gasteiger partial charge in [0.05, 0.1) is 11.0 Å². The van der Waals surface area contributed by atoms with Crippen LogP contribution in [0.2, 0.25) is 0 Å². The van der Waals surface area contributed by atoms with Crippen molar-refractivity contribution in [1.29, 1.82) is 0 Å². The molecule has 17 heavy (non-hydrogen) atoms. The number of halogens is 1. The van der Waals surface area contributed by atoms with Crippen molar-refractivity contribution in [2.24, 2.45) is 5.92 Å². The molecular formula is C12H15FN2O2. The maximum atomic E-state index is 13.3. The topological polar surface area (TPSA) is 46.4 Å². The van der Waals surface area contributed by atoms with Crippen molar-refractivity contribution in [3.63, 3.8) is 0 Å². The van der Waals surface area contributed by atoms with Gasteiger partial charge >= 0.3 is 0 Å². The van der Waals surface area contributed by atoms with E-state index >= 15 is 0 Å². The van der Waals surface area contributed by atoms with Crippen molar-refractivity contribution in [1.82, 2.24) is 0 Å². The second-order valence-corrected chi connectivity index (χ2v) is 4.60. The zero-order valence-corrected chi connectivity index (χ0v) is 9.73. The van der Waals surface area contributed by atoms with Crippen LogP contribution in [0.4, 0.5) is 15.8 Å². The summed E-state index contributed by atoms with van der Waals surface area (Å²) in [5.41, 5.74) is 0.379. The number of nitro groups is 1. The maximum absolute atomic E-state index is 13.3. The van der Waals surface area contributed by atoms with E-state index in [1.54, 1.807) is 0 Å². The van der Waals surface area contributed by atoms with E-state index < -0.39 is 10.7 Å². The first kappa shape index (κ1) is 11.8. The SMILES string of the molecule is CN(CC1CCC1)c1cc(F)cc([N+](=O)[O-])c1. The van der Waals surface area contributed by atoms with Crippen molar-refractivity contribution < 1.29 is 9.31 Å². The average Bonchev–Trinajstić information content (AvgIpc) is 2.22. The van der Waals surface area contributed by atoms with Crippen molar-refractivity contribution in [3.8, 4) is 0 Å². The Kier molecular flexibility index (Phi) is 3.26. The lowest BCUT2D eigenvalue weighted by Gasteiger charge is -2.31. The minimum absolute atomic E-state index is 0.194. The van der Waals surface area contributed by atoms with Crippen molar-refractivity contribution in [2.45, 2.75) is 19.3 Å². The number of anilines is 1. The predicted molar refractivity (Wildman–Crippen MR) is 63.7 cm³/mol. The van der Waals surface area contributed by atoms with Crippen LogP contribution in [0.15, 0.2) is 18.2 Å². The van der Waals surface area contributed by atoms with E-state index in [1.165, 1.54) is 31.4 Å². The monoisotopic (exact) mass is 238 g/mol. The molecule has 4 nitrogen and oxygen atoms in total. The molecule has 0 heterocycles. The molecule has 0 amide bonds. The first-order chi connectivity index (χ1) is 8.06. The van der Waals surface area contributed by atoms with E-state index in [9.17, 15) is 14.5 Å². The average molecular weight is 238 g/mol. The molecule has 0 radical (unpaired) electrons. The van der Waals surface area contributed by atoms with Gasteiger partial charge in [-0.15, -0.1) is 0 Å². The fraction of sp³-hybridized carbons (Fsp3) is 0.500. The van der Waals surface area contributed by atoms with Crippen LogP contribution in [-0.2, 0) is 0 Å². The Morgan fingerprint density at radius 1 is 1.47 bits per heavy atom. The number of nitro benzene ring substituents is 1. The van der Waals surface area contributed by atoms with Crippen LogP contribution in [0, 0.1) is 21.8 Å². The Labute approximate surface area is 99.2 Å². The highest BCUT2D eigenvalue weighted by Crippen LogP contribution is 2.29. The summed E-state index contributed by atoms with van der Waals surface area (Å²) in [4.78, 5) is 12.0.